The molecular formula is C7H11N3O. The van der Waals surface area contributed by atoms with E-state index >= 15 is 0 Å². The van der Waals surface area contributed by atoms with E-state index in [1.807, 2.05) is 0 Å². The topological polar surface area (TPSA) is 53.5 Å². The van der Waals surface area contributed by atoms with Crippen molar-refractivity contribution >= 4 is 12.2 Å². The minimum Gasteiger partial charge on any atom is -0.317 e. The van der Waals surface area contributed by atoms with Crippen molar-refractivity contribution in [3.05, 3.63) is 0 Å². The third-order valence-corrected chi connectivity index (χ3v) is 2.26. The van der Waals surface area contributed by atoms with Gasteiger partial charge in [0, 0.05) is 6.54 Å². The number of aliphatic imine (C=N–C) groups is 1. The van der Waals surface area contributed by atoms with Crippen LogP contribution in [-0.2, 0) is 4.79 Å². The third kappa shape index (κ3) is 1.14. The number of nitrogens with one attached hydrogen (secondary N) is 2. The molecule has 0 spiro atoms. The highest BCUT2D eigenvalue weighted by molar-refractivity contribution is 5.91. The molecule has 0 aromatic rings. The van der Waals surface area contributed by atoms with Crippen LogP contribution in [0.25, 0.3) is 0 Å². The molecule has 2 N–H and O–H groups in total. The molecule has 0 aromatic heterocycles. The lowest BCUT2D eigenvalue weighted by Crippen LogP contribution is -2.49. The third-order valence-electron chi connectivity index (χ3n) is 2.26. The van der Waals surface area contributed by atoms with E-state index in [1.54, 1.807) is 0 Å². The van der Waals surface area contributed by atoms with Crippen molar-refractivity contribution in [3.8, 4) is 0 Å². The standard InChI is InChI=1S/C7H11N3O/c11-7-5-1-2-8-3-6(5)9-4-10-7/h4-6,8H,1-3H2,(H,9,10,11). The molecule has 0 aromatic carbocycles. The molecule has 4 heteroatoms. The molecule has 11 heavy (non-hydrogen) atoms. The van der Waals surface area contributed by atoms with Crippen molar-refractivity contribution in [1.82, 2.24) is 10.6 Å². The number of amides is 1. The van der Waals surface area contributed by atoms with Gasteiger partial charge < -0.3 is 10.6 Å². The Morgan fingerprint density at radius 3 is 3.36 bits per heavy atom. The molecule has 1 fully saturated rings. The second kappa shape index (κ2) is 2.62. The maximum absolute atomic E-state index is 11.2. The van der Waals surface area contributed by atoms with E-state index in [0.717, 1.165) is 19.5 Å². The van der Waals surface area contributed by atoms with Crippen LogP contribution < -0.4 is 10.6 Å². The van der Waals surface area contributed by atoms with Crippen LogP contribution in [0.4, 0.5) is 0 Å². The van der Waals surface area contributed by atoms with Gasteiger partial charge in [0.25, 0.3) is 0 Å². The van der Waals surface area contributed by atoms with Crippen molar-refractivity contribution in [1.29, 1.82) is 0 Å². The highest BCUT2D eigenvalue weighted by atomic mass is 16.2. The zero-order chi connectivity index (χ0) is 7.68. The molecule has 2 aliphatic heterocycles. The van der Waals surface area contributed by atoms with Gasteiger partial charge in [-0.1, -0.05) is 0 Å². The number of rotatable bonds is 0. The zero-order valence-corrected chi connectivity index (χ0v) is 6.21. The summed E-state index contributed by atoms with van der Waals surface area (Å²) in [7, 11) is 0. The smallest absolute Gasteiger partial charge is 0.230 e. The van der Waals surface area contributed by atoms with E-state index in [4.69, 9.17) is 0 Å². The van der Waals surface area contributed by atoms with Crippen molar-refractivity contribution in [2.45, 2.75) is 12.5 Å². The van der Waals surface area contributed by atoms with Crippen molar-refractivity contribution < 1.29 is 4.79 Å². The first-order valence-corrected chi connectivity index (χ1v) is 3.90. The maximum Gasteiger partial charge on any atom is 0.230 e. The quantitative estimate of drug-likeness (QED) is 0.475. The van der Waals surface area contributed by atoms with Crippen LogP contribution in [0.1, 0.15) is 6.42 Å². The predicted octanol–water partition coefficient (Wildman–Crippen LogP) is -0.877. The summed E-state index contributed by atoms with van der Waals surface area (Å²) >= 11 is 0. The van der Waals surface area contributed by atoms with Gasteiger partial charge in [-0.15, -0.1) is 0 Å². The van der Waals surface area contributed by atoms with Crippen molar-refractivity contribution in [3.63, 3.8) is 0 Å². The van der Waals surface area contributed by atoms with Crippen LogP contribution in [0, 0.1) is 5.92 Å². The number of hydrogen-bond donors (Lipinski definition) is 2. The molecule has 2 aliphatic rings. The molecule has 60 valence electrons. The SMILES string of the molecule is O=C1NC=NC2CNCCC12. The fourth-order valence-electron chi connectivity index (χ4n) is 1.61. The molecule has 0 bridgehead atoms. The average molecular weight is 153 g/mol. The number of piperidine rings is 1. The van der Waals surface area contributed by atoms with Gasteiger partial charge in [0.15, 0.2) is 0 Å². The number of carbonyl (C=O) groups excluding carboxylic acids is 1. The molecule has 0 radical (unpaired) electrons. The van der Waals surface area contributed by atoms with Crippen molar-refractivity contribution in [2.24, 2.45) is 10.9 Å². The van der Waals surface area contributed by atoms with Crippen LogP contribution in [-0.4, -0.2) is 31.4 Å². The average Bonchev–Trinajstić information content (AvgIpc) is 2.06. The molecule has 2 rings (SSSR count). The Kier molecular flexibility index (Phi) is 1.62. The van der Waals surface area contributed by atoms with Crippen LogP contribution in [0.5, 0.6) is 0 Å². The highest BCUT2D eigenvalue weighted by Crippen LogP contribution is 2.17. The predicted molar refractivity (Wildman–Crippen MR) is 41.4 cm³/mol. The molecule has 1 amide bonds. The molecule has 0 saturated carbocycles. The van der Waals surface area contributed by atoms with Crippen LogP contribution >= 0.6 is 0 Å². The van der Waals surface area contributed by atoms with Gasteiger partial charge in [0.05, 0.1) is 18.3 Å². The Morgan fingerprint density at radius 2 is 2.55 bits per heavy atom. The number of fused-ring (bicyclic) bond motifs is 1. The summed E-state index contributed by atoms with van der Waals surface area (Å²) in [6, 6.07) is 0.178. The molecule has 4 nitrogen and oxygen atoms in total. The number of carbonyl (C=O) groups is 1. The summed E-state index contributed by atoms with van der Waals surface area (Å²) in [5.74, 6) is 0.243. The monoisotopic (exact) mass is 153 g/mol. The first kappa shape index (κ1) is 6.79. The summed E-state index contributed by atoms with van der Waals surface area (Å²) < 4.78 is 0. The molecule has 2 heterocycles. The van der Waals surface area contributed by atoms with E-state index in [0.29, 0.717) is 0 Å². The van der Waals surface area contributed by atoms with Gasteiger partial charge >= 0.3 is 0 Å². The minimum absolute atomic E-state index is 0.112. The van der Waals surface area contributed by atoms with Gasteiger partial charge in [-0.3, -0.25) is 9.79 Å². The number of hydrogen-bond acceptors (Lipinski definition) is 3. The van der Waals surface area contributed by atoms with Gasteiger partial charge in [-0.25, -0.2) is 0 Å². The first-order chi connectivity index (χ1) is 5.38. The zero-order valence-electron chi connectivity index (χ0n) is 6.21. The van der Waals surface area contributed by atoms with Gasteiger partial charge in [-0.05, 0) is 13.0 Å². The summed E-state index contributed by atoms with van der Waals surface area (Å²) in [6.45, 7) is 1.78. The second-order valence-corrected chi connectivity index (χ2v) is 2.95. The normalized spacial score (nSPS) is 36.2. The van der Waals surface area contributed by atoms with Crippen LogP contribution in [0.15, 0.2) is 4.99 Å². The Labute approximate surface area is 65.1 Å². The Morgan fingerprint density at radius 1 is 1.64 bits per heavy atom. The molecule has 1 saturated heterocycles. The fourth-order valence-corrected chi connectivity index (χ4v) is 1.61. The number of nitrogens with zero attached hydrogens (tertiary/aromatic N) is 1. The van der Waals surface area contributed by atoms with Crippen molar-refractivity contribution in [2.75, 3.05) is 13.1 Å². The van der Waals surface area contributed by atoms with E-state index in [2.05, 4.69) is 15.6 Å². The van der Waals surface area contributed by atoms with Gasteiger partial charge in [0.2, 0.25) is 5.91 Å². The second-order valence-electron chi connectivity index (χ2n) is 2.95. The summed E-state index contributed by atoms with van der Waals surface area (Å²) in [6.07, 6.45) is 2.42. The lowest BCUT2D eigenvalue weighted by atomic mass is 9.91. The maximum atomic E-state index is 11.2. The van der Waals surface area contributed by atoms with E-state index in [1.165, 1.54) is 6.34 Å². The molecular weight excluding hydrogens is 142 g/mol. The van der Waals surface area contributed by atoms with Crippen LogP contribution in [0.2, 0.25) is 0 Å². The lowest BCUT2D eigenvalue weighted by molar-refractivity contribution is -0.125. The first-order valence-electron chi connectivity index (χ1n) is 3.90. The Balaban J connectivity index is 2.15. The van der Waals surface area contributed by atoms with E-state index in [9.17, 15) is 4.79 Å². The molecule has 0 aliphatic carbocycles. The van der Waals surface area contributed by atoms with Gasteiger partial charge in [-0.2, -0.15) is 0 Å². The molecule has 2 atom stereocenters. The summed E-state index contributed by atoms with van der Waals surface area (Å²) in [5, 5.41) is 5.83. The van der Waals surface area contributed by atoms with Crippen LogP contribution in [0.3, 0.4) is 0 Å². The van der Waals surface area contributed by atoms with Gasteiger partial charge in [0.1, 0.15) is 0 Å². The minimum atomic E-state index is 0.112. The lowest BCUT2D eigenvalue weighted by Gasteiger charge is -2.30. The highest BCUT2D eigenvalue weighted by Gasteiger charge is 2.31. The van der Waals surface area contributed by atoms with E-state index in [-0.39, 0.29) is 17.9 Å². The summed E-state index contributed by atoms with van der Waals surface area (Å²) in [5.41, 5.74) is 0. The fraction of sp³-hybridized carbons (Fsp3) is 0.714. The van der Waals surface area contributed by atoms with E-state index < -0.39 is 0 Å². The molecule has 2 unspecified atom stereocenters. The summed E-state index contributed by atoms with van der Waals surface area (Å²) in [4.78, 5) is 15.4. The Hall–Kier alpha value is -0.900. The Bertz CT molecular complexity index is 202. The largest absolute Gasteiger partial charge is 0.317 e.